The summed E-state index contributed by atoms with van der Waals surface area (Å²) < 4.78 is 35.3. The molecule has 0 saturated carbocycles. The van der Waals surface area contributed by atoms with Crippen LogP contribution in [0.15, 0.2) is 42.5 Å². The number of rotatable bonds is 3. The molecule has 0 fully saturated rings. The molecular weight excluding hydrogens is 376 g/mol. The van der Waals surface area contributed by atoms with Crippen molar-refractivity contribution >= 4 is 21.4 Å². The van der Waals surface area contributed by atoms with Crippen molar-refractivity contribution in [3.63, 3.8) is 0 Å². The first-order valence-corrected chi connectivity index (χ1v) is 9.96. The van der Waals surface area contributed by atoms with Gasteiger partial charge in [0.2, 0.25) is 5.36 Å². The average molecular weight is 397 g/mol. The van der Waals surface area contributed by atoms with Gasteiger partial charge in [0.1, 0.15) is 0 Å². The highest BCUT2D eigenvalue weighted by atomic mass is 35.7. The molecule has 2 aliphatic rings. The molecule has 1 aliphatic heterocycles. The van der Waals surface area contributed by atoms with Gasteiger partial charge in [-0.15, -0.1) is 21.6 Å². The van der Waals surface area contributed by atoms with E-state index in [1.54, 1.807) is 0 Å². The van der Waals surface area contributed by atoms with E-state index in [1.165, 1.54) is 31.4 Å². The Morgan fingerprint density at radius 2 is 1.69 bits per heavy atom. The zero-order valence-electron chi connectivity index (χ0n) is 14.8. The number of nitrogens with one attached hydrogen (secondary N) is 1. The number of aryl methyl sites for hydroxylation is 1. The maximum atomic E-state index is 8.49. The topological polar surface area (TPSA) is 109 Å². The molecule has 140 valence electrons. The van der Waals surface area contributed by atoms with Crippen LogP contribution in [0.5, 0.6) is 0 Å². The van der Waals surface area contributed by atoms with E-state index in [1.807, 2.05) is 11.3 Å². The van der Waals surface area contributed by atoms with Gasteiger partial charge >= 0.3 is 0 Å². The van der Waals surface area contributed by atoms with Gasteiger partial charge < -0.3 is 4.90 Å². The fourth-order valence-corrected chi connectivity index (χ4v) is 3.63. The minimum Gasteiger partial charge on any atom is -0.303 e. The zero-order chi connectivity index (χ0) is 19.3. The van der Waals surface area contributed by atoms with Crippen molar-refractivity contribution in [2.45, 2.75) is 6.92 Å². The molecule has 0 bridgehead atoms. The second kappa shape index (κ2) is 8.88. The lowest BCUT2D eigenvalue weighted by Gasteiger charge is -2.17. The molecule has 0 amide bonds. The zero-order valence-corrected chi connectivity index (χ0v) is 16.4. The SMILES string of the molecule is Cc1ccc(=[NH+]CCN(C)C)c2cc3ccccc3sc1-2.[O-][Cl+3]([O-])([O-])[O-]. The number of benzene rings is 2. The second-order valence-corrected chi connectivity index (χ2v) is 7.87. The Hall–Kier alpha value is -1.58. The maximum Gasteiger partial charge on any atom is 0.207 e. The van der Waals surface area contributed by atoms with Crippen LogP contribution in [0.2, 0.25) is 0 Å². The van der Waals surface area contributed by atoms with Crippen LogP contribution in [0.3, 0.4) is 0 Å². The van der Waals surface area contributed by atoms with E-state index >= 15 is 0 Å². The van der Waals surface area contributed by atoms with Crippen molar-refractivity contribution in [2.75, 3.05) is 27.2 Å². The summed E-state index contributed by atoms with van der Waals surface area (Å²) in [5, 5.41) is 2.55. The van der Waals surface area contributed by atoms with Gasteiger partial charge in [-0.05, 0) is 44.1 Å². The minimum absolute atomic E-state index is 0.961. The van der Waals surface area contributed by atoms with Crippen LogP contribution in [-0.2, 0) is 0 Å². The van der Waals surface area contributed by atoms with Crippen LogP contribution in [0, 0.1) is 17.2 Å². The summed E-state index contributed by atoms with van der Waals surface area (Å²) in [7, 11) is -0.741. The van der Waals surface area contributed by atoms with Crippen molar-refractivity contribution < 1.29 is 33.9 Å². The molecule has 0 aromatic heterocycles. The van der Waals surface area contributed by atoms with Crippen LogP contribution in [0.25, 0.3) is 20.5 Å². The predicted molar refractivity (Wildman–Crippen MR) is 90.7 cm³/mol. The van der Waals surface area contributed by atoms with Crippen molar-refractivity contribution in [1.82, 2.24) is 4.90 Å². The van der Waals surface area contributed by atoms with Crippen LogP contribution in [0.4, 0.5) is 0 Å². The van der Waals surface area contributed by atoms with E-state index < -0.39 is 10.2 Å². The quantitative estimate of drug-likeness (QED) is 0.478. The largest absolute Gasteiger partial charge is 0.303 e. The lowest BCUT2D eigenvalue weighted by Crippen LogP contribution is -2.78. The Balaban J connectivity index is 0.000000431. The van der Waals surface area contributed by atoms with Gasteiger partial charge in [0.15, 0.2) is 6.54 Å². The van der Waals surface area contributed by atoms with Gasteiger partial charge in [-0.2, -0.15) is 0 Å². The molecule has 6 nitrogen and oxygen atoms in total. The highest BCUT2D eigenvalue weighted by Crippen LogP contribution is 2.32. The van der Waals surface area contributed by atoms with Gasteiger partial charge in [0.05, 0.1) is 12.1 Å². The molecule has 0 radical (unpaired) electrons. The molecule has 1 aliphatic carbocycles. The lowest BCUT2D eigenvalue weighted by atomic mass is 10.1. The standard InChI is InChI=1S/C18H20N2S.ClHO4/c1-13-8-9-16(19-10-11-20(2)3)15-12-14-6-4-5-7-17(14)21-18(13)15;2-1(3,4)5/h4-9,12H,10-11H2,1-3H3;(H,2,3,4,5). The van der Waals surface area contributed by atoms with Gasteiger partial charge in [-0.1, -0.05) is 24.3 Å². The first kappa shape index (κ1) is 20.7. The highest BCUT2D eigenvalue weighted by molar-refractivity contribution is 7.21. The number of nitrogens with zero attached hydrogens (tertiary/aromatic N) is 1. The lowest BCUT2D eigenvalue weighted by molar-refractivity contribution is -2.00. The number of fused-ring (bicyclic) bond motifs is 2. The molecule has 1 aromatic rings. The average Bonchev–Trinajstić information content (AvgIpc) is 2.54. The predicted octanol–water partition coefficient (Wildman–Crippen LogP) is -2.90. The van der Waals surface area contributed by atoms with E-state index in [0.29, 0.717) is 0 Å². The monoisotopic (exact) mass is 396 g/mol. The molecule has 3 rings (SSSR count). The molecule has 0 unspecified atom stereocenters. The van der Waals surface area contributed by atoms with Crippen LogP contribution >= 0.6 is 11.3 Å². The van der Waals surface area contributed by atoms with Crippen LogP contribution in [0.1, 0.15) is 5.56 Å². The Labute approximate surface area is 158 Å². The molecule has 0 spiro atoms. The molecule has 1 aromatic carbocycles. The minimum atomic E-state index is -4.94. The Morgan fingerprint density at radius 1 is 1.04 bits per heavy atom. The molecule has 0 saturated heterocycles. The van der Waals surface area contributed by atoms with E-state index in [2.05, 4.69) is 73.4 Å². The summed E-state index contributed by atoms with van der Waals surface area (Å²) in [5.74, 6) is 0. The first-order valence-electron chi connectivity index (χ1n) is 7.91. The van der Waals surface area contributed by atoms with Crippen LogP contribution < -0.4 is 29.0 Å². The van der Waals surface area contributed by atoms with E-state index in [0.717, 1.165) is 13.1 Å². The number of halogens is 1. The summed E-state index contributed by atoms with van der Waals surface area (Å²) in [5.41, 5.74) is 2.68. The van der Waals surface area contributed by atoms with Crippen LogP contribution in [-0.4, -0.2) is 32.1 Å². The van der Waals surface area contributed by atoms with Gasteiger partial charge in [-0.25, -0.2) is 23.6 Å². The van der Waals surface area contributed by atoms with Gasteiger partial charge in [0.25, 0.3) is 0 Å². The smallest absolute Gasteiger partial charge is 0.207 e. The summed E-state index contributed by atoms with van der Waals surface area (Å²) >= 11 is 1.88. The van der Waals surface area contributed by atoms with Gasteiger partial charge in [0, 0.05) is 15.6 Å². The maximum absolute atomic E-state index is 8.49. The van der Waals surface area contributed by atoms with Crippen molar-refractivity contribution in [2.24, 2.45) is 0 Å². The Bertz CT molecular complexity index is 900. The Morgan fingerprint density at radius 3 is 2.35 bits per heavy atom. The molecule has 1 N–H and O–H groups in total. The van der Waals surface area contributed by atoms with E-state index in [9.17, 15) is 0 Å². The summed E-state index contributed by atoms with van der Waals surface area (Å²) in [4.78, 5) is 7.15. The molecular formula is C18H21ClN2O4S. The summed E-state index contributed by atoms with van der Waals surface area (Å²) in [6, 6.07) is 15.3. The number of likely N-dealkylation sites (N-methyl/N-ethyl adjacent to an activating group) is 1. The first-order chi connectivity index (χ1) is 12.1. The number of hydrogen-bond acceptors (Lipinski definition) is 6. The van der Waals surface area contributed by atoms with Gasteiger partial charge in [-0.3, -0.25) is 0 Å². The highest BCUT2D eigenvalue weighted by Gasteiger charge is 2.12. The van der Waals surface area contributed by atoms with Crippen molar-refractivity contribution in [1.29, 1.82) is 0 Å². The van der Waals surface area contributed by atoms with E-state index in [4.69, 9.17) is 18.6 Å². The third kappa shape index (κ3) is 6.30. The number of hydrogen-bond donors (Lipinski definition) is 1. The fourth-order valence-electron chi connectivity index (χ4n) is 2.51. The Kier molecular flexibility index (Phi) is 7.08. The molecule has 1 heterocycles. The molecule has 0 atom stereocenters. The second-order valence-electron chi connectivity index (χ2n) is 6.07. The normalized spacial score (nSPS) is 12.5. The molecule has 8 heteroatoms. The van der Waals surface area contributed by atoms with Crippen molar-refractivity contribution in [3.8, 4) is 10.4 Å². The third-order valence-corrected chi connectivity index (χ3v) is 5.04. The summed E-state index contributed by atoms with van der Waals surface area (Å²) in [6.45, 7) is 4.19. The fraction of sp³-hybridized carbons (Fsp3) is 0.278. The third-order valence-electron chi connectivity index (χ3n) is 3.70. The van der Waals surface area contributed by atoms with E-state index in [-0.39, 0.29) is 0 Å². The van der Waals surface area contributed by atoms with Crippen molar-refractivity contribution in [3.05, 3.63) is 53.4 Å². The molecule has 26 heavy (non-hydrogen) atoms. The summed E-state index contributed by atoms with van der Waals surface area (Å²) in [6.07, 6.45) is 0.